The van der Waals surface area contributed by atoms with Crippen LogP contribution in [0.15, 0.2) is 34.7 Å². The van der Waals surface area contributed by atoms with E-state index in [1.807, 2.05) is 12.1 Å². The Morgan fingerprint density at radius 3 is 2.62 bits per heavy atom. The van der Waals surface area contributed by atoms with Crippen molar-refractivity contribution in [3.63, 3.8) is 0 Å². The van der Waals surface area contributed by atoms with Crippen molar-refractivity contribution in [1.82, 2.24) is 10.2 Å². The van der Waals surface area contributed by atoms with E-state index in [4.69, 9.17) is 4.42 Å². The maximum absolute atomic E-state index is 5.96. The normalized spacial score (nSPS) is 19.4. The number of nitrogens with zero attached hydrogens (tertiary/aromatic N) is 1. The molecular formula is C18H26N2O. The molecule has 0 saturated heterocycles. The molecule has 1 saturated carbocycles. The Hall–Kier alpha value is -1.32. The second-order valence-corrected chi connectivity index (χ2v) is 6.62. The number of nitrogens with one attached hydrogen (secondary N) is 1. The fraction of sp³-hybridized carbons (Fsp3) is 0.556. The van der Waals surface area contributed by atoms with E-state index in [0.717, 1.165) is 17.9 Å². The third-order valence-corrected chi connectivity index (χ3v) is 5.09. The standard InChI is InChI=1S/C18H26N2O/c1-14(17-12-15-8-4-5-9-16(15)21-17)19-13-18(20(2)3)10-6-7-11-18/h4-5,8-9,12,14,19H,6-7,10-11,13H2,1-3H3. The summed E-state index contributed by atoms with van der Waals surface area (Å²) in [5, 5.41) is 4.87. The monoisotopic (exact) mass is 286 g/mol. The maximum atomic E-state index is 5.96. The minimum atomic E-state index is 0.245. The van der Waals surface area contributed by atoms with Crippen LogP contribution in [0.4, 0.5) is 0 Å². The Morgan fingerprint density at radius 1 is 1.24 bits per heavy atom. The molecule has 1 aromatic carbocycles. The van der Waals surface area contributed by atoms with Gasteiger partial charge in [0.1, 0.15) is 11.3 Å². The average Bonchev–Trinajstić information content (AvgIpc) is 3.12. The Morgan fingerprint density at radius 2 is 1.95 bits per heavy atom. The van der Waals surface area contributed by atoms with Gasteiger partial charge in [-0.3, -0.25) is 0 Å². The van der Waals surface area contributed by atoms with Crippen molar-refractivity contribution in [3.8, 4) is 0 Å². The molecule has 0 spiro atoms. The first-order chi connectivity index (χ1) is 10.1. The van der Waals surface area contributed by atoms with Crippen molar-refractivity contribution in [3.05, 3.63) is 36.1 Å². The number of fused-ring (bicyclic) bond motifs is 1. The summed E-state index contributed by atoms with van der Waals surface area (Å²) in [5.41, 5.74) is 1.30. The van der Waals surface area contributed by atoms with Crippen molar-refractivity contribution < 1.29 is 4.42 Å². The molecule has 2 aromatic rings. The minimum absolute atomic E-state index is 0.245. The van der Waals surface area contributed by atoms with Gasteiger partial charge in [-0.05, 0) is 46.0 Å². The molecule has 1 heterocycles. The van der Waals surface area contributed by atoms with Gasteiger partial charge in [0.25, 0.3) is 0 Å². The van der Waals surface area contributed by atoms with Crippen molar-refractivity contribution in [1.29, 1.82) is 0 Å². The van der Waals surface area contributed by atoms with Crippen LogP contribution in [0.3, 0.4) is 0 Å². The molecule has 1 unspecified atom stereocenters. The molecule has 0 bridgehead atoms. The van der Waals surface area contributed by atoms with E-state index in [1.54, 1.807) is 0 Å². The van der Waals surface area contributed by atoms with Crippen molar-refractivity contribution in [2.45, 2.75) is 44.2 Å². The lowest BCUT2D eigenvalue weighted by Gasteiger charge is -2.37. The van der Waals surface area contributed by atoms with Gasteiger partial charge in [0.2, 0.25) is 0 Å². The van der Waals surface area contributed by atoms with Gasteiger partial charge in [0, 0.05) is 17.5 Å². The van der Waals surface area contributed by atoms with E-state index in [-0.39, 0.29) is 6.04 Å². The van der Waals surface area contributed by atoms with Crippen molar-refractivity contribution in [2.75, 3.05) is 20.6 Å². The number of rotatable bonds is 5. The number of para-hydroxylation sites is 1. The van der Waals surface area contributed by atoms with Crippen LogP contribution in [-0.4, -0.2) is 31.1 Å². The molecule has 0 aliphatic heterocycles. The summed E-state index contributed by atoms with van der Waals surface area (Å²) < 4.78 is 5.96. The van der Waals surface area contributed by atoms with E-state index < -0.39 is 0 Å². The van der Waals surface area contributed by atoms with Gasteiger partial charge in [-0.25, -0.2) is 0 Å². The van der Waals surface area contributed by atoms with Gasteiger partial charge >= 0.3 is 0 Å². The molecule has 1 aliphatic rings. The van der Waals surface area contributed by atoms with Crippen LogP contribution < -0.4 is 5.32 Å². The van der Waals surface area contributed by atoms with Gasteiger partial charge in [0.15, 0.2) is 0 Å². The first-order valence-electron chi connectivity index (χ1n) is 8.00. The summed E-state index contributed by atoms with van der Waals surface area (Å²) >= 11 is 0. The molecule has 1 aliphatic carbocycles. The largest absolute Gasteiger partial charge is 0.459 e. The number of furan rings is 1. The summed E-state index contributed by atoms with van der Waals surface area (Å²) in [5.74, 6) is 1.03. The fourth-order valence-corrected chi connectivity index (χ4v) is 3.47. The topological polar surface area (TPSA) is 28.4 Å². The van der Waals surface area contributed by atoms with E-state index in [2.05, 4.69) is 49.4 Å². The highest BCUT2D eigenvalue weighted by molar-refractivity contribution is 5.77. The lowest BCUT2D eigenvalue weighted by Crippen LogP contribution is -2.49. The molecule has 1 atom stereocenters. The Balaban J connectivity index is 1.69. The summed E-state index contributed by atoms with van der Waals surface area (Å²) in [7, 11) is 4.41. The lowest BCUT2D eigenvalue weighted by atomic mass is 9.95. The molecule has 1 aromatic heterocycles. The predicted octanol–water partition coefficient (Wildman–Crippen LogP) is 3.96. The van der Waals surface area contributed by atoms with Crippen LogP contribution in [0, 0.1) is 0 Å². The zero-order valence-corrected chi connectivity index (χ0v) is 13.4. The average molecular weight is 286 g/mol. The zero-order valence-electron chi connectivity index (χ0n) is 13.4. The van der Waals surface area contributed by atoms with Gasteiger partial charge in [-0.1, -0.05) is 31.0 Å². The van der Waals surface area contributed by atoms with Crippen LogP contribution in [0.5, 0.6) is 0 Å². The van der Waals surface area contributed by atoms with E-state index in [1.165, 1.54) is 31.1 Å². The molecule has 1 N–H and O–H groups in total. The van der Waals surface area contributed by atoms with Crippen LogP contribution in [-0.2, 0) is 0 Å². The third-order valence-electron chi connectivity index (χ3n) is 5.09. The molecule has 3 heteroatoms. The molecule has 0 radical (unpaired) electrons. The van der Waals surface area contributed by atoms with Crippen LogP contribution in [0.25, 0.3) is 11.0 Å². The van der Waals surface area contributed by atoms with Gasteiger partial charge in [0.05, 0.1) is 6.04 Å². The molecule has 3 rings (SSSR count). The molecule has 1 fully saturated rings. The first kappa shape index (κ1) is 14.6. The SMILES string of the molecule is CC(NCC1(N(C)C)CCCC1)c1cc2ccccc2o1. The third kappa shape index (κ3) is 2.85. The summed E-state index contributed by atoms with van der Waals surface area (Å²) in [6.45, 7) is 3.22. The number of hydrogen-bond donors (Lipinski definition) is 1. The predicted molar refractivity (Wildman–Crippen MR) is 87.5 cm³/mol. The summed E-state index contributed by atoms with van der Waals surface area (Å²) in [6.07, 6.45) is 5.28. The Labute approximate surface area is 127 Å². The first-order valence-corrected chi connectivity index (χ1v) is 8.00. The Kier molecular flexibility index (Phi) is 4.05. The quantitative estimate of drug-likeness (QED) is 0.902. The molecular weight excluding hydrogens is 260 g/mol. The van der Waals surface area contributed by atoms with Crippen LogP contribution in [0.1, 0.15) is 44.4 Å². The van der Waals surface area contributed by atoms with E-state index in [9.17, 15) is 0 Å². The highest BCUT2D eigenvalue weighted by Crippen LogP contribution is 2.34. The van der Waals surface area contributed by atoms with E-state index >= 15 is 0 Å². The number of hydrogen-bond acceptors (Lipinski definition) is 3. The highest BCUT2D eigenvalue weighted by atomic mass is 16.3. The summed E-state index contributed by atoms with van der Waals surface area (Å²) in [6, 6.07) is 10.6. The zero-order chi connectivity index (χ0) is 14.9. The van der Waals surface area contributed by atoms with Crippen LogP contribution in [0.2, 0.25) is 0 Å². The highest BCUT2D eigenvalue weighted by Gasteiger charge is 2.36. The van der Waals surface area contributed by atoms with Crippen molar-refractivity contribution in [2.24, 2.45) is 0 Å². The molecule has 3 nitrogen and oxygen atoms in total. The van der Waals surface area contributed by atoms with E-state index in [0.29, 0.717) is 5.54 Å². The van der Waals surface area contributed by atoms with Gasteiger partial charge < -0.3 is 14.6 Å². The summed E-state index contributed by atoms with van der Waals surface area (Å²) in [4.78, 5) is 2.40. The van der Waals surface area contributed by atoms with Crippen molar-refractivity contribution >= 4 is 11.0 Å². The molecule has 114 valence electrons. The smallest absolute Gasteiger partial charge is 0.134 e. The maximum Gasteiger partial charge on any atom is 0.134 e. The second kappa shape index (κ2) is 5.82. The number of likely N-dealkylation sites (N-methyl/N-ethyl adjacent to an activating group) is 1. The Bertz CT molecular complexity index is 563. The fourth-order valence-electron chi connectivity index (χ4n) is 3.47. The second-order valence-electron chi connectivity index (χ2n) is 6.62. The van der Waals surface area contributed by atoms with Gasteiger partial charge in [-0.15, -0.1) is 0 Å². The number of benzene rings is 1. The van der Waals surface area contributed by atoms with Gasteiger partial charge in [-0.2, -0.15) is 0 Å². The molecule has 0 amide bonds. The molecule has 21 heavy (non-hydrogen) atoms. The van der Waals surface area contributed by atoms with Crippen LogP contribution >= 0.6 is 0 Å². The lowest BCUT2D eigenvalue weighted by molar-refractivity contribution is 0.148. The minimum Gasteiger partial charge on any atom is -0.459 e.